The van der Waals surface area contributed by atoms with Crippen molar-refractivity contribution in [3.63, 3.8) is 0 Å². The van der Waals surface area contributed by atoms with E-state index in [2.05, 4.69) is 14.7 Å². The molecule has 0 amide bonds. The zero-order valence-corrected chi connectivity index (χ0v) is 10.0. The van der Waals surface area contributed by atoms with Gasteiger partial charge in [0.1, 0.15) is 11.6 Å². The summed E-state index contributed by atoms with van der Waals surface area (Å²) in [6.45, 7) is 1.25. The van der Waals surface area contributed by atoms with E-state index in [1.807, 2.05) is 0 Å². The highest BCUT2D eigenvalue weighted by molar-refractivity contribution is 7.09. The molecule has 1 aromatic carbocycles. The molecule has 0 aliphatic rings. The van der Waals surface area contributed by atoms with E-state index in [4.69, 9.17) is 5.73 Å². The lowest BCUT2D eigenvalue weighted by Gasteiger charge is -1.97. The maximum Gasteiger partial charge on any atom is 0.202 e. The van der Waals surface area contributed by atoms with Crippen molar-refractivity contribution >= 4 is 16.7 Å². The minimum Gasteiger partial charge on any atom is -0.359 e. The van der Waals surface area contributed by atoms with E-state index in [-0.39, 0.29) is 5.82 Å². The van der Waals surface area contributed by atoms with E-state index in [1.54, 1.807) is 12.1 Å². The lowest BCUT2D eigenvalue weighted by atomic mass is 10.1. The molecule has 4 nitrogen and oxygen atoms in total. The predicted octanol–water partition coefficient (Wildman–Crippen LogP) is 1.64. The summed E-state index contributed by atoms with van der Waals surface area (Å²) >= 11 is 1.31. The summed E-state index contributed by atoms with van der Waals surface area (Å²) in [5, 5.41) is 3.84. The lowest BCUT2D eigenvalue weighted by molar-refractivity contribution is 0.627. The van der Waals surface area contributed by atoms with Crippen molar-refractivity contribution in [1.29, 1.82) is 0 Å². The van der Waals surface area contributed by atoms with Gasteiger partial charge in [-0.05, 0) is 17.7 Å². The third kappa shape index (κ3) is 3.47. The van der Waals surface area contributed by atoms with Crippen LogP contribution in [0, 0.1) is 5.82 Å². The van der Waals surface area contributed by atoms with Gasteiger partial charge in [-0.25, -0.2) is 9.37 Å². The predicted molar refractivity (Wildman–Crippen MR) is 66.7 cm³/mol. The highest BCUT2D eigenvalue weighted by Gasteiger charge is 2.04. The molecule has 0 atom stereocenters. The first-order valence-corrected chi connectivity index (χ1v) is 6.06. The van der Waals surface area contributed by atoms with E-state index in [0.717, 1.165) is 16.5 Å². The SMILES string of the molecule is NCCNc1nc(Cc2ccc(F)cc2)ns1. The van der Waals surface area contributed by atoms with E-state index < -0.39 is 0 Å². The maximum absolute atomic E-state index is 12.7. The molecule has 17 heavy (non-hydrogen) atoms. The molecule has 0 aliphatic heterocycles. The van der Waals surface area contributed by atoms with E-state index in [0.29, 0.717) is 19.5 Å². The summed E-state index contributed by atoms with van der Waals surface area (Å²) < 4.78 is 16.9. The van der Waals surface area contributed by atoms with Crippen LogP contribution in [0.15, 0.2) is 24.3 Å². The molecule has 2 aromatic rings. The van der Waals surface area contributed by atoms with Crippen molar-refractivity contribution in [3.8, 4) is 0 Å². The van der Waals surface area contributed by atoms with Crippen LogP contribution in [0.1, 0.15) is 11.4 Å². The van der Waals surface area contributed by atoms with Gasteiger partial charge in [0.25, 0.3) is 0 Å². The van der Waals surface area contributed by atoms with Gasteiger partial charge in [-0.3, -0.25) is 0 Å². The molecular weight excluding hydrogens is 239 g/mol. The zero-order chi connectivity index (χ0) is 12.1. The number of halogens is 1. The van der Waals surface area contributed by atoms with Crippen LogP contribution in [0.3, 0.4) is 0 Å². The number of rotatable bonds is 5. The highest BCUT2D eigenvalue weighted by atomic mass is 32.1. The average Bonchev–Trinajstić information content (AvgIpc) is 2.77. The van der Waals surface area contributed by atoms with Crippen molar-refractivity contribution in [3.05, 3.63) is 41.5 Å². The van der Waals surface area contributed by atoms with Gasteiger partial charge in [-0.1, -0.05) is 12.1 Å². The molecule has 6 heteroatoms. The first-order chi connectivity index (χ1) is 8.28. The second-order valence-corrected chi connectivity index (χ2v) is 4.29. The topological polar surface area (TPSA) is 63.8 Å². The molecule has 1 aromatic heterocycles. The molecule has 3 N–H and O–H groups in total. The Morgan fingerprint density at radius 3 is 2.76 bits per heavy atom. The van der Waals surface area contributed by atoms with E-state index >= 15 is 0 Å². The smallest absolute Gasteiger partial charge is 0.202 e. The summed E-state index contributed by atoms with van der Waals surface area (Å²) in [6.07, 6.45) is 0.612. The summed E-state index contributed by atoms with van der Waals surface area (Å²) in [7, 11) is 0. The summed E-state index contributed by atoms with van der Waals surface area (Å²) in [5.41, 5.74) is 6.37. The molecule has 0 radical (unpaired) electrons. The fraction of sp³-hybridized carbons (Fsp3) is 0.273. The standard InChI is InChI=1S/C11H13FN4S/c12-9-3-1-8(2-4-9)7-10-15-11(17-16-10)14-6-5-13/h1-4H,5-7,13H2,(H,14,15,16). The summed E-state index contributed by atoms with van der Waals surface area (Å²) in [6, 6.07) is 6.36. The summed E-state index contributed by atoms with van der Waals surface area (Å²) in [5.74, 6) is 0.506. The van der Waals surface area contributed by atoms with Gasteiger partial charge in [0, 0.05) is 31.0 Å². The quantitative estimate of drug-likeness (QED) is 0.849. The first-order valence-electron chi connectivity index (χ1n) is 5.29. The van der Waals surface area contributed by atoms with Gasteiger partial charge >= 0.3 is 0 Å². The van der Waals surface area contributed by atoms with Gasteiger partial charge in [-0.2, -0.15) is 4.37 Å². The fourth-order valence-corrected chi connectivity index (χ4v) is 1.97. The monoisotopic (exact) mass is 252 g/mol. The summed E-state index contributed by atoms with van der Waals surface area (Å²) in [4.78, 5) is 4.31. The van der Waals surface area contributed by atoms with Gasteiger partial charge in [0.15, 0.2) is 0 Å². The number of hydrogen-bond acceptors (Lipinski definition) is 5. The Kier molecular flexibility index (Phi) is 4.00. The molecule has 0 fully saturated rings. The normalized spacial score (nSPS) is 10.5. The Morgan fingerprint density at radius 2 is 2.06 bits per heavy atom. The minimum absolute atomic E-state index is 0.231. The number of aromatic nitrogens is 2. The molecule has 0 bridgehead atoms. The van der Waals surface area contributed by atoms with Crippen molar-refractivity contribution in [2.75, 3.05) is 18.4 Å². The number of nitrogens with two attached hydrogens (primary N) is 1. The fourth-order valence-electron chi connectivity index (χ4n) is 1.36. The van der Waals surface area contributed by atoms with Crippen LogP contribution >= 0.6 is 11.5 Å². The van der Waals surface area contributed by atoms with Crippen molar-refractivity contribution in [2.24, 2.45) is 5.73 Å². The average molecular weight is 252 g/mol. The van der Waals surface area contributed by atoms with E-state index in [1.165, 1.54) is 23.7 Å². The van der Waals surface area contributed by atoms with Crippen molar-refractivity contribution < 1.29 is 4.39 Å². The highest BCUT2D eigenvalue weighted by Crippen LogP contribution is 2.14. The molecule has 0 aliphatic carbocycles. The van der Waals surface area contributed by atoms with Crippen LogP contribution in [0.5, 0.6) is 0 Å². The van der Waals surface area contributed by atoms with Crippen molar-refractivity contribution in [1.82, 2.24) is 9.36 Å². The number of nitrogens with one attached hydrogen (secondary N) is 1. The van der Waals surface area contributed by atoms with Crippen LogP contribution < -0.4 is 11.1 Å². The van der Waals surface area contributed by atoms with Gasteiger partial charge in [0.05, 0.1) is 0 Å². The Labute approximate surface area is 103 Å². The number of nitrogens with zero attached hydrogens (tertiary/aromatic N) is 2. The van der Waals surface area contributed by atoms with Gasteiger partial charge < -0.3 is 11.1 Å². The Morgan fingerprint density at radius 1 is 1.29 bits per heavy atom. The number of anilines is 1. The molecular formula is C11H13FN4S. The maximum atomic E-state index is 12.7. The molecule has 0 unspecified atom stereocenters. The molecule has 0 spiro atoms. The van der Waals surface area contributed by atoms with Crippen LogP contribution in [-0.2, 0) is 6.42 Å². The molecule has 1 heterocycles. The molecule has 2 rings (SSSR count). The van der Waals surface area contributed by atoms with Crippen LogP contribution in [-0.4, -0.2) is 22.4 Å². The lowest BCUT2D eigenvalue weighted by Crippen LogP contribution is -2.12. The molecule has 90 valence electrons. The largest absolute Gasteiger partial charge is 0.359 e. The Balaban J connectivity index is 1.98. The van der Waals surface area contributed by atoms with Crippen LogP contribution in [0.25, 0.3) is 0 Å². The Hall–Kier alpha value is -1.53. The van der Waals surface area contributed by atoms with Gasteiger partial charge in [0.2, 0.25) is 5.13 Å². The number of hydrogen-bond donors (Lipinski definition) is 2. The van der Waals surface area contributed by atoms with Gasteiger partial charge in [-0.15, -0.1) is 0 Å². The second-order valence-electron chi connectivity index (χ2n) is 3.53. The van der Waals surface area contributed by atoms with Crippen LogP contribution in [0.4, 0.5) is 9.52 Å². The Bertz CT molecular complexity index is 469. The first kappa shape index (κ1) is 11.9. The molecule has 0 saturated carbocycles. The van der Waals surface area contributed by atoms with Crippen molar-refractivity contribution in [2.45, 2.75) is 6.42 Å². The second kappa shape index (κ2) is 5.70. The number of benzene rings is 1. The third-order valence-corrected chi connectivity index (χ3v) is 2.87. The zero-order valence-electron chi connectivity index (χ0n) is 9.19. The van der Waals surface area contributed by atoms with E-state index in [9.17, 15) is 4.39 Å². The third-order valence-electron chi connectivity index (χ3n) is 2.16. The van der Waals surface area contributed by atoms with Crippen LogP contribution in [0.2, 0.25) is 0 Å². The minimum atomic E-state index is -0.231. The molecule has 0 saturated heterocycles.